The fraction of sp³-hybridized carbons (Fsp3) is 0.385. The van der Waals surface area contributed by atoms with E-state index in [0.717, 1.165) is 67.5 Å². The second-order valence-corrected chi connectivity index (χ2v) is 8.19. The highest BCUT2D eigenvalue weighted by Gasteiger charge is 2.20. The number of hydrogen-bond acceptors (Lipinski definition) is 6. The van der Waals surface area contributed by atoms with Crippen LogP contribution in [-0.2, 0) is 6.54 Å². The quantitative estimate of drug-likeness (QED) is 0.512. The monoisotopic (exact) mass is 432 g/mol. The summed E-state index contributed by atoms with van der Waals surface area (Å²) in [6.07, 6.45) is 6.94. The minimum atomic E-state index is 0.441. The third-order valence-electron chi connectivity index (χ3n) is 5.74. The Morgan fingerprint density at radius 3 is 2.44 bits per heavy atom. The van der Waals surface area contributed by atoms with E-state index >= 15 is 0 Å². The molecule has 4 rings (SSSR count). The van der Waals surface area contributed by atoms with Crippen molar-refractivity contribution in [3.63, 3.8) is 0 Å². The van der Waals surface area contributed by atoms with Gasteiger partial charge in [0.2, 0.25) is 0 Å². The first kappa shape index (κ1) is 22.1. The molecule has 168 valence electrons. The predicted octanol–water partition coefficient (Wildman–Crippen LogP) is 5.02. The van der Waals surface area contributed by atoms with Crippen LogP contribution in [0, 0.1) is 0 Å². The van der Waals surface area contributed by atoms with Crippen LogP contribution in [0.25, 0.3) is 11.4 Å². The van der Waals surface area contributed by atoms with Gasteiger partial charge in [0, 0.05) is 31.2 Å². The number of piperidine rings is 1. The van der Waals surface area contributed by atoms with Crippen LogP contribution in [0.5, 0.6) is 11.5 Å². The largest absolute Gasteiger partial charge is 0.493 e. The summed E-state index contributed by atoms with van der Waals surface area (Å²) in [6.45, 7) is 5.84. The summed E-state index contributed by atoms with van der Waals surface area (Å²) >= 11 is 0. The lowest BCUT2D eigenvalue weighted by atomic mass is 10.0. The molecule has 0 spiro atoms. The molecule has 32 heavy (non-hydrogen) atoms. The Balaban J connectivity index is 1.28. The second kappa shape index (κ2) is 11.0. The number of aromatic nitrogens is 2. The zero-order valence-corrected chi connectivity index (χ0v) is 19.0. The molecule has 6 heteroatoms. The summed E-state index contributed by atoms with van der Waals surface area (Å²) < 4.78 is 11.3. The fourth-order valence-corrected chi connectivity index (χ4v) is 4.01. The molecule has 0 unspecified atom stereocenters. The average molecular weight is 433 g/mol. The van der Waals surface area contributed by atoms with Gasteiger partial charge in [-0.15, -0.1) is 0 Å². The van der Waals surface area contributed by atoms with Gasteiger partial charge in [-0.25, -0.2) is 9.97 Å². The normalized spacial score (nSPS) is 14.8. The highest BCUT2D eigenvalue weighted by atomic mass is 16.5. The number of methoxy groups -OCH3 is 1. The maximum atomic E-state index is 5.86. The van der Waals surface area contributed by atoms with Crippen molar-refractivity contribution < 1.29 is 9.47 Å². The number of nitrogens with one attached hydrogen (secondary N) is 1. The van der Waals surface area contributed by atoms with Crippen LogP contribution in [0.1, 0.15) is 31.7 Å². The lowest BCUT2D eigenvalue weighted by Gasteiger charge is -2.32. The standard InChI is InChI=1S/C26H32N4O2/c1-3-15-32-25-16-20(9-10-24(25)31-2)19-30-13-11-22(12-14-30)29-23-17-27-26(28-18-23)21-7-5-4-6-8-21/h4-10,16-18,22,29H,3,11-15,19H2,1-2H3. The van der Waals surface area contributed by atoms with Gasteiger partial charge >= 0.3 is 0 Å². The molecule has 1 aliphatic heterocycles. The Labute approximate surface area is 190 Å². The zero-order valence-electron chi connectivity index (χ0n) is 19.0. The smallest absolute Gasteiger partial charge is 0.161 e. The van der Waals surface area contributed by atoms with Gasteiger partial charge in [-0.1, -0.05) is 43.3 Å². The average Bonchev–Trinajstić information content (AvgIpc) is 2.85. The maximum absolute atomic E-state index is 5.86. The van der Waals surface area contributed by atoms with Crippen molar-refractivity contribution >= 4 is 5.69 Å². The van der Waals surface area contributed by atoms with Crippen LogP contribution >= 0.6 is 0 Å². The molecule has 3 aromatic rings. The van der Waals surface area contributed by atoms with E-state index in [1.165, 1.54) is 5.56 Å². The van der Waals surface area contributed by atoms with Gasteiger partial charge in [-0.3, -0.25) is 4.90 Å². The van der Waals surface area contributed by atoms with Gasteiger partial charge < -0.3 is 14.8 Å². The highest BCUT2D eigenvalue weighted by Crippen LogP contribution is 2.29. The molecule has 1 aromatic heterocycles. The molecule has 0 saturated carbocycles. The Bertz CT molecular complexity index is 971. The lowest BCUT2D eigenvalue weighted by molar-refractivity contribution is 0.210. The molecular formula is C26H32N4O2. The van der Waals surface area contributed by atoms with Crippen molar-refractivity contribution in [3.8, 4) is 22.9 Å². The first-order valence-corrected chi connectivity index (χ1v) is 11.4. The van der Waals surface area contributed by atoms with Crippen molar-refractivity contribution in [3.05, 3.63) is 66.5 Å². The van der Waals surface area contributed by atoms with Crippen LogP contribution in [0.4, 0.5) is 5.69 Å². The molecule has 2 aromatic carbocycles. The summed E-state index contributed by atoms with van der Waals surface area (Å²) in [5.74, 6) is 2.39. The minimum absolute atomic E-state index is 0.441. The van der Waals surface area contributed by atoms with Gasteiger partial charge in [-0.2, -0.15) is 0 Å². The van der Waals surface area contributed by atoms with Gasteiger partial charge in [0.1, 0.15) is 0 Å². The van der Waals surface area contributed by atoms with E-state index in [1.807, 2.05) is 48.8 Å². The first-order chi connectivity index (χ1) is 15.7. The van der Waals surface area contributed by atoms with Crippen molar-refractivity contribution in [2.45, 2.75) is 38.8 Å². The van der Waals surface area contributed by atoms with Crippen molar-refractivity contribution in [1.82, 2.24) is 14.9 Å². The molecule has 2 heterocycles. The summed E-state index contributed by atoms with van der Waals surface area (Å²) in [5.41, 5.74) is 3.28. The number of anilines is 1. The molecule has 0 atom stereocenters. The summed E-state index contributed by atoms with van der Waals surface area (Å²) in [4.78, 5) is 11.5. The third kappa shape index (κ3) is 5.77. The predicted molar refractivity (Wildman–Crippen MR) is 128 cm³/mol. The molecule has 0 aliphatic carbocycles. The molecule has 1 N–H and O–H groups in total. The summed E-state index contributed by atoms with van der Waals surface area (Å²) in [6, 6.07) is 16.8. The van der Waals surface area contributed by atoms with Gasteiger partial charge in [0.25, 0.3) is 0 Å². The molecule has 1 aliphatic rings. The molecule has 1 saturated heterocycles. The number of hydrogen-bond donors (Lipinski definition) is 1. The number of likely N-dealkylation sites (tertiary alicyclic amines) is 1. The second-order valence-electron chi connectivity index (χ2n) is 8.19. The summed E-state index contributed by atoms with van der Waals surface area (Å²) in [5, 5.41) is 3.60. The maximum Gasteiger partial charge on any atom is 0.161 e. The van der Waals surface area contributed by atoms with Crippen molar-refractivity contribution in [1.29, 1.82) is 0 Å². The van der Waals surface area contributed by atoms with Gasteiger partial charge in [0.15, 0.2) is 17.3 Å². The Morgan fingerprint density at radius 1 is 1.00 bits per heavy atom. The van der Waals surface area contributed by atoms with E-state index in [9.17, 15) is 0 Å². The number of rotatable bonds is 9. The molecular weight excluding hydrogens is 400 g/mol. The van der Waals surface area contributed by atoms with Crippen LogP contribution in [-0.4, -0.2) is 47.7 Å². The van der Waals surface area contributed by atoms with Gasteiger partial charge in [-0.05, 0) is 37.0 Å². The van der Waals surface area contributed by atoms with Gasteiger partial charge in [0.05, 0.1) is 31.8 Å². The van der Waals surface area contributed by atoms with E-state index in [-0.39, 0.29) is 0 Å². The van der Waals surface area contributed by atoms with Crippen LogP contribution in [0.3, 0.4) is 0 Å². The van der Waals surface area contributed by atoms with Crippen molar-refractivity contribution in [2.75, 3.05) is 32.1 Å². The Kier molecular flexibility index (Phi) is 7.56. The van der Waals surface area contributed by atoms with Crippen LogP contribution < -0.4 is 14.8 Å². The first-order valence-electron chi connectivity index (χ1n) is 11.4. The Hall–Kier alpha value is -3.12. The number of nitrogens with zero attached hydrogens (tertiary/aromatic N) is 3. The van der Waals surface area contributed by atoms with E-state index in [2.05, 4.69) is 39.2 Å². The molecule has 1 fully saturated rings. The van der Waals surface area contributed by atoms with Crippen LogP contribution in [0.15, 0.2) is 60.9 Å². The van der Waals surface area contributed by atoms with E-state index in [1.54, 1.807) is 7.11 Å². The minimum Gasteiger partial charge on any atom is -0.493 e. The zero-order chi connectivity index (χ0) is 22.2. The topological polar surface area (TPSA) is 59.5 Å². The SMILES string of the molecule is CCCOc1cc(CN2CCC(Nc3cnc(-c4ccccc4)nc3)CC2)ccc1OC. The molecule has 0 amide bonds. The Morgan fingerprint density at radius 2 is 1.75 bits per heavy atom. The number of benzene rings is 2. The van der Waals surface area contributed by atoms with Crippen LogP contribution in [0.2, 0.25) is 0 Å². The van der Waals surface area contributed by atoms with Crippen molar-refractivity contribution in [2.24, 2.45) is 0 Å². The molecule has 0 radical (unpaired) electrons. The summed E-state index contributed by atoms with van der Waals surface area (Å²) in [7, 11) is 1.69. The van der Waals surface area contributed by atoms with E-state index in [0.29, 0.717) is 12.6 Å². The fourth-order valence-electron chi connectivity index (χ4n) is 4.01. The number of ether oxygens (including phenoxy) is 2. The lowest BCUT2D eigenvalue weighted by Crippen LogP contribution is -2.38. The van der Waals surface area contributed by atoms with E-state index in [4.69, 9.17) is 9.47 Å². The molecule has 6 nitrogen and oxygen atoms in total. The highest BCUT2D eigenvalue weighted by molar-refractivity contribution is 5.55. The van der Waals surface area contributed by atoms with E-state index < -0.39 is 0 Å². The third-order valence-corrected chi connectivity index (χ3v) is 5.74. The molecule has 0 bridgehead atoms.